The molecule has 7 heteroatoms. The molecule has 2 saturated heterocycles. The summed E-state index contributed by atoms with van der Waals surface area (Å²) in [7, 11) is 0. The molecular formula is C20H23N5O2. The van der Waals surface area contributed by atoms with E-state index >= 15 is 0 Å². The number of benzene rings is 1. The van der Waals surface area contributed by atoms with Crippen LogP contribution >= 0.6 is 0 Å². The van der Waals surface area contributed by atoms with Gasteiger partial charge in [0.1, 0.15) is 11.4 Å². The molecule has 2 aliphatic heterocycles. The van der Waals surface area contributed by atoms with Crippen LogP contribution in [0.3, 0.4) is 0 Å². The van der Waals surface area contributed by atoms with Crippen molar-refractivity contribution in [2.45, 2.75) is 37.3 Å². The maximum atomic E-state index is 13.0. The van der Waals surface area contributed by atoms with Crippen LogP contribution in [0.1, 0.15) is 53.0 Å². The summed E-state index contributed by atoms with van der Waals surface area (Å²) in [6.07, 6.45) is 4.44. The number of carbonyl (C=O) groups excluding carboxylic acids is 1. The molecule has 1 aromatic carbocycles. The molecule has 0 spiro atoms. The molecule has 3 atom stereocenters. The summed E-state index contributed by atoms with van der Waals surface area (Å²) in [5.41, 5.74) is 7.80. The van der Waals surface area contributed by atoms with E-state index in [9.17, 15) is 9.59 Å². The second-order valence-corrected chi connectivity index (χ2v) is 7.77. The summed E-state index contributed by atoms with van der Waals surface area (Å²) in [5, 5.41) is 0. The number of amides is 1. The van der Waals surface area contributed by atoms with Gasteiger partial charge in [0.15, 0.2) is 0 Å². The third-order valence-electron chi connectivity index (χ3n) is 5.97. The summed E-state index contributed by atoms with van der Waals surface area (Å²) in [6, 6.07) is 10.8. The number of carbonyl (C=O) groups is 1. The Hall–Kier alpha value is -2.51. The van der Waals surface area contributed by atoms with E-state index in [2.05, 4.69) is 33.0 Å². The molecular weight excluding hydrogens is 342 g/mol. The van der Waals surface area contributed by atoms with Gasteiger partial charge in [0, 0.05) is 37.2 Å². The summed E-state index contributed by atoms with van der Waals surface area (Å²) in [4.78, 5) is 34.3. The average Bonchev–Trinajstić information content (AvgIpc) is 3.47. The van der Waals surface area contributed by atoms with Crippen LogP contribution in [-0.2, 0) is 0 Å². The lowest BCUT2D eigenvalue weighted by Gasteiger charge is -2.36. The Balaban J connectivity index is 1.35. The molecule has 3 heterocycles. The molecule has 1 aromatic heterocycles. The molecule has 7 nitrogen and oxygen atoms in total. The normalized spacial score (nSPS) is 27.4. The van der Waals surface area contributed by atoms with Crippen LogP contribution in [0.25, 0.3) is 0 Å². The van der Waals surface area contributed by atoms with E-state index in [1.807, 2.05) is 18.2 Å². The third-order valence-corrected chi connectivity index (χ3v) is 5.97. The van der Waals surface area contributed by atoms with Crippen LogP contribution in [0, 0.1) is 5.92 Å². The molecule has 27 heavy (non-hydrogen) atoms. The molecule has 5 rings (SSSR count). The molecule has 1 amide bonds. The Morgan fingerprint density at radius 2 is 1.93 bits per heavy atom. The zero-order chi connectivity index (χ0) is 18.4. The van der Waals surface area contributed by atoms with Crippen LogP contribution in [0.4, 0.5) is 0 Å². The number of nitrogens with zero attached hydrogens (tertiary/aromatic N) is 2. The third kappa shape index (κ3) is 3.07. The van der Waals surface area contributed by atoms with Crippen molar-refractivity contribution in [1.82, 2.24) is 25.7 Å². The van der Waals surface area contributed by atoms with Crippen molar-refractivity contribution in [2.75, 3.05) is 13.1 Å². The minimum atomic E-state index is -0.318. The maximum absolute atomic E-state index is 13.0. The number of aromatic amines is 1. The van der Waals surface area contributed by atoms with Gasteiger partial charge < -0.3 is 9.88 Å². The number of fused-ring (bicyclic) bond motifs is 1. The Morgan fingerprint density at radius 1 is 1.11 bits per heavy atom. The summed E-state index contributed by atoms with van der Waals surface area (Å²) in [5.74, 6) is 1.12. The minimum Gasteiger partial charge on any atom is -0.338 e. The van der Waals surface area contributed by atoms with Crippen LogP contribution in [-0.4, -0.2) is 39.9 Å². The van der Waals surface area contributed by atoms with Crippen molar-refractivity contribution in [3.8, 4) is 0 Å². The van der Waals surface area contributed by atoms with Gasteiger partial charge in [0.25, 0.3) is 11.5 Å². The summed E-state index contributed by atoms with van der Waals surface area (Å²) < 4.78 is 0. The van der Waals surface area contributed by atoms with Crippen molar-refractivity contribution >= 4 is 5.91 Å². The van der Waals surface area contributed by atoms with E-state index in [0.717, 1.165) is 19.3 Å². The fraction of sp³-hybridized carbons (Fsp3) is 0.450. The smallest absolute Gasteiger partial charge is 0.263 e. The first-order valence-electron chi connectivity index (χ1n) is 9.65. The largest absolute Gasteiger partial charge is 0.338 e. The van der Waals surface area contributed by atoms with E-state index in [1.165, 1.54) is 11.8 Å². The average molecular weight is 365 g/mol. The van der Waals surface area contributed by atoms with Gasteiger partial charge in [-0.15, -0.1) is 0 Å². The fourth-order valence-electron chi connectivity index (χ4n) is 4.27. The zero-order valence-corrected chi connectivity index (χ0v) is 15.0. The highest BCUT2D eigenvalue weighted by molar-refractivity contribution is 5.93. The van der Waals surface area contributed by atoms with Crippen LogP contribution in [0.15, 0.2) is 41.3 Å². The van der Waals surface area contributed by atoms with E-state index < -0.39 is 0 Å². The van der Waals surface area contributed by atoms with Crippen molar-refractivity contribution in [3.63, 3.8) is 0 Å². The number of H-pyrrole nitrogens is 1. The predicted molar refractivity (Wildman–Crippen MR) is 100 cm³/mol. The SMILES string of the molecule is O=C(c1cnc(C2CC2)[nH]c1=O)N1CCC2NNC(c3ccccc3)C2C1. The van der Waals surface area contributed by atoms with Gasteiger partial charge in [-0.1, -0.05) is 30.3 Å². The summed E-state index contributed by atoms with van der Waals surface area (Å²) >= 11 is 0. The molecule has 3 aliphatic rings. The highest BCUT2D eigenvalue weighted by Crippen LogP contribution is 2.37. The number of piperidine rings is 1. The first-order chi connectivity index (χ1) is 13.2. The minimum absolute atomic E-state index is 0.146. The number of nitrogens with one attached hydrogen (secondary N) is 3. The number of hydrogen-bond donors (Lipinski definition) is 3. The number of rotatable bonds is 3. The van der Waals surface area contributed by atoms with Crippen LogP contribution in [0.5, 0.6) is 0 Å². The highest BCUT2D eigenvalue weighted by atomic mass is 16.2. The van der Waals surface area contributed by atoms with Crippen molar-refractivity contribution < 1.29 is 4.79 Å². The predicted octanol–water partition coefficient (Wildman–Crippen LogP) is 1.33. The van der Waals surface area contributed by atoms with Crippen molar-refractivity contribution in [3.05, 3.63) is 63.8 Å². The molecule has 1 saturated carbocycles. The first kappa shape index (κ1) is 16.6. The summed E-state index contributed by atoms with van der Waals surface area (Å²) in [6.45, 7) is 1.26. The molecule has 0 radical (unpaired) electrons. The van der Waals surface area contributed by atoms with Gasteiger partial charge >= 0.3 is 0 Å². The van der Waals surface area contributed by atoms with Gasteiger partial charge in [-0.05, 0) is 24.8 Å². The Kier molecular flexibility index (Phi) is 4.06. The second kappa shape index (κ2) is 6.58. The van der Waals surface area contributed by atoms with E-state index in [1.54, 1.807) is 4.90 Å². The fourth-order valence-corrected chi connectivity index (χ4v) is 4.27. The molecule has 3 N–H and O–H groups in total. The lowest BCUT2D eigenvalue weighted by molar-refractivity contribution is 0.0650. The highest BCUT2D eigenvalue weighted by Gasteiger charge is 2.42. The van der Waals surface area contributed by atoms with Gasteiger partial charge in [0.05, 0.1) is 6.04 Å². The van der Waals surface area contributed by atoms with E-state index in [-0.39, 0.29) is 29.0 Å². The lowest BCUT2D eigenvalue weighted by Crippen LogP contribution is -2.48. The topological polar surface area (TPSA) is 90.1 Å². The molecule has 3 unspecified atom stereocenters. The maximum Gasteiger partial charge on any atom is 0.263 e. The van der Waals surface area contributed by atoms with Crippen LogP contribution in [0.2, 0.25) is 0 Å². The zero-order valence-electron chi connectivity index (χ0n) is 15.0. The Bertz CT molecular complexity index is 908. The molecule has 0 bridgehead atoms. The molecule has 1 aliphatic carbocycles. The van der Waals surface area contributed by atoms with Gasteiger partial charge in [0.2, 0.25) is 0 Å². The standard InChI is InChI=1S/C20H23N5O2/c26-19-14(10-21-18(22-19)13-6-7-13)20(27)25-9-8-16-15(11-25)17(24-23-16)12-4-2-1-3-5-12/h1-5,10,13,15-17,23-24H,6-9,11H2,(H,21,22,26). The first-order valence-corrected chi connectivity index (χ1v) is 9.65. The van der Waals surface area contributed by atoms with Gasteiger partial charge in [-0.2, -0.15) is 0 Å². The van der Waals surface area contributed by atoms with Crippen LogP contribution < -0.4 is 16.4 Å². The molecule has 2 aromatic rings. The van der Waals surface area contributed by atoms with Gasteiger partial charge in [-0.3, -0.25) is 15.0 Å². The van der Waals surface area contributed by atoms with E-state index in [4.69, 9.17) is 0 Å². The Morgan fingerprint density at radius 3 is 2.67 bits per heavy atom. The number of aromatic nitrogens is 2. The van der Waals surface area contributed by atoms with E-state index in [0.29, 0.717) is 30.9 Å². The molecule has 140 valence electrons. The monoisotopic (exact) mass is 365 g/mol. The van der Waals surface area contributed by atoms with Crippen molar-refractivity contribution in [1.29, 1.82) is 0 Å². The lowest BCUT2D eigenvalue weighted by atomic mass is 9.85. The Labute approximate surface area is 157 Å². The number of hydrazine groups is 1. The number of hydrogen-bond acceptors (Lipinski definition) is 5. The van der Waals surface area contributed by atoms with Crippen molar-refractivity contribution in [2.24, 2.45) is 5.92 Å². The number of likely N-dealkylation sites (tertiary alicyclic amines) is 1. The second-order valence-electron chi connectivity index (χ2n) is 7.77. The molecule has 3 fully saturated rings. The van der Waals surface area contributed by atoms with Gasteiger partial charge in [-0.25, -0.2) is 10.4 Å². The quantitative estimate of drug-likeness (QED) is 0.763.